The molecule has 0 amide bonds. The molecule has 132 valence electrons. The van der Waals surface area contributed by atoms with E-state index in [0.717, 1.165) is 12.0 Å². The topological polar surface area (TPSA) is 87.0 Å². The van der Waals surface area contributed by atoms with Crippen LogP contribution in [0.15, 0.2) is 11.1 Å². The number of aliphatic hydroxyl groups is 3. The molecular formula is C19H26O5. The summed E-state index contributed by atoms with van der Waals surface area (Å²) in [4.78, 5) is 12.9. The summed E-state index contributed by atoms with van der Waals surface area (Å²) in [6.07, 6.45) is 1.72. The third kappa shape index (κ3) is 1.40. The molecule has 2 aliphatic heterocycles. The molecule has 1 spiro atoms. The lowest BCUT2D eigenvalue weighted by molar-refractivity contribution is -0.291. The summed E-state index contributed by atoms with van der Waals surface area (Å²) in [5, 5.41) is 33.1. The minimum atomic E-state index is -1.19. The average Bonchev–Trinajstić information content (AvgIpc) is 2.77. The second-order valence-corrected chi connectivity index (χ2v) is 8.90. The molecular weight excluding hydrogens is 308 g/mol. The summed E-state index contributed by atoms with van der Waals surface area (Å²) in [7, 11) is 0. The number of hydrogen-bond acceptors (Lipinski definition) is 5. The SMILES string of the molecule is CC1CC(O)CC2CC[C@@]34C(=O)O[C@@H]([C@@H](O)[C@H]3C)[C@H]3CC1=C2[C@@]34O. The lowest BCUT2D eigenvalue weighted by Gasteiger charge is -2.65. The summed E-state index contributed by atoms with van der Waals surface area (Å²) in [5.41, 5.74) is 0.0392. The molecule has 3 unspecified atom stereocenters. The molecule has 24 heavy (non-hydrogen) atoms. The fourth-order valence-electron chi connectivity index (χ4n) is 7.06. The maximum atomic E-state index is 12.9. The van der Waals surface area contributed by atoms with E-state index in [-0.39, 0.29) is 35.7 Å². The van der Waals surface area contributed by atoms with Gasteiger partial charge < -0.3 is 20.1 Å². The fraction of sp³-hybridized carbons (Fsp3) is 0.842. The van der Waals surface area contributed by atoms with Crippen LogP contribution in [0.2, 0.25) is 0 Å². The van der Waals surface area contributed by atoms with E-state index < -0.39 is 23.2 Å². The molecule has 9 atom stereocenters. The highest BCUT2D eigenvalue weighted by atomic mass is 16.6. The number of aliphatic hydroxyl groups excluding tert-OH is 2. The van der Waals surface area contributed by atoms with Crippen molar-refractivity contribution in [2.24, 2.45) is 29.1 Å². The van der Waals surface area contributed by atoms with Crippen LogP contribution in [0.1, 0.15) is 46.0 Å². The second kappa shape index (κ2) is 4.43. The molecule has 2 saturated carbocycles. The van der Waals surface area contributed by atoms with Crippen molar-refractivity contribution in [2.75, 3.05) is 0 Å². The van der Waals surface area contributed by atoms with Gasteiger partial charge in [0.1, 0.15) is 17.1 Å². The van der Waals surface area contributed by atoms with Crippen LogP contribution in [0.4, 0.5) is 0 Å². The molecule has 4 fully saturated rings. The van der Waals surface area contributed by atoms with Crippen molar-refractivity contribution in [2.45, 2.75) is 69.9 Å². The molecule has 0 aromatic rings. The Morgan fingerprint density at radius 2 is 1.96 bits per heavy atom. The van der Waals surface area contributed by atoms with Crippen molar-refractivity contribution < 1.29 is 24.9 Å². The Morgan fingerprint density at radius 1 is 1.21 bits per heavy atom. The van der Waals surface area contributed by atoms with E-state index in [4.69, 9.17) is 4.74 Å². The van der Waals surface area contributed by atoms with Gasteiger partial charge in [0.05, 0.1) is 12.2 Å². The predicted octanol–water partition coefficient (Wildman–Crippen LogP) is 1.16. The minimum Gasteiger partial charge on any atom is -0.459 e. The van der Waals surface area contributed by atoms with Gasteiger partial charge in [-0.05, 0) is 49.5 Å². The molecule has 5 nitrogen and oxygen atoms in total. The van der Waals surface area contributed by atoms with Crippen LogP contribution in [-0.2, 0) is 9.53 Å². The van der Waals surface area contributed by atoms with E-state index in [1.165, 1.54) is 5.57 Å². The first-order chi connectivity index (χ1) is 11.3. The zero-order valence-corrected chi connectivity index (χ0v) is 14.2. The first-order valence-corrected chi connectivity index (χ1v) is 9.35. The molecule has 0 aromatic heterocycles. The Morgan fingerprint density at radius 3 is 2.71 bits per heavy atom. The second-order valence-electron chi connectivity index (χ2n) is 8.90. The minimum absolute atomic E-state index is 0.150. The van der Waals surface area contributed by atoms with E-state index in [1.54, 1.807) is 0 Å². The smallest absolute Gasteiger partial charge is 0.316 e. The van der Waals surface area contributed by atoms with Gasteiger partial charge in [0.15, 0.2) is 0 Å². The first-order valence-electron chi connectivity index (χ1n) is 9.35. The quantitative estimate of drug-likeness (QED) is 0.457. The molecule has 5 heteroatoms. The number of esters is 1. The first kappa shape index (κ1) is 15.4. The van der Waals surface area contributed by atoms with Crippen molar-refractivity contribution >= 4 is 5.97 Å². The Kier molecular flexibility index (Phi) is 2.83. The van der Waals surface area contributed by atoms with Gasteiger partial charge in [0, 0.05) is 11.8 Å². The number of rotatable bonds is 0. The van der Waals surface area contributed by atoms with Crippen LogP contribution in [0.5, 0.6) is 0 Å². The Balaban J connectivity index is 1.75. The van der Waals surface area contributed by atoms with Crippen molar-refractivity contribution in [1.29, 1.82) is 0 Å². The van der Waals surface area contributed by atoms with E-state index >= 15 is 0 Å². The lowest BCUT2D eigenvalue weighted by atomic mass is 9.44. The number of carbonyl (C=O) groups is 1. The van der Waals surface area contributed by atoms with E-state index in [0.29, 0.717) is 25.7 Å². The number of allylic oxidation sites excluding steroid dienone is 1. The third-order valence-corrected chi connectivity index (χ3v) is 8.12. The summed E-state index contributed by atoms with van der Waals surface area (Å²) in [5.74, 6) is -0.509. The van der Waals surface area contributed by atoms with Crippen molar-refractivity contribution in [3.8, 4) is 0 Å². The zero-order chi connectivity index (χ0) is 17.0. The van der Waals surface area contributed by atoms with E-state index in [9.17, 15) is 20.1 Å². The van der Waals surface area contributed by atoms with E-state index in [2.05, 4.69) is 6.92 Å². The molecule has 2 saturated heterocycles. The summed E-state index contributed by atoms with van der Waals surface area (Å²) in [6, 6.07) is 0. The van der Waals surface area contributed by atoms with Gasteiger partial charge >= 0.3 is 5.97 Å². The summed E-state index contributed by atoms with van der Waals surface area (Å²) in [6.45, 7) is 4.00. The van der Waals surface area contributed by atoms with Gasteiger partial charge in [-0.2, -0.15) is 0 Å². The molecule has 3 N–H and O–H groups in total. The number of fused-ring (bicyclic) bond motifs is 2. The van der Waals surface area contributed by atoms with Gasteiger partial charge in [-0.25, -0.2) is 0 Å². The van der Waals surface area contributed by atoms with Crippen LogP contribution < -0.4 is 0 Å². The summed E-state index contributed by atoms with van der Waals surface area (Å²) >= 11 is 0. The van der Waals surface area contributed by atoms with E-state index in [1.807, 2.05) is 6.92 Å². The highest BCUT2D eigenvalue weighted by Gasteiger charge is 2.79. The van der Waals surface area contributed by atoms with Crippen LogP contribution >= 0.6 is 0 Å². The zero-order valence-electron chi connectivity index (χ0n) is 14.2. The normalized spacial score (nSPS) is 58.4. The average molecular weight is 334 g/mol. The molecule has 0 aromatic carbocycles. The van der Waals surface area contributed by atoms with Gasteiger partial charge in [-0.15, -0.1) is 0 Å². The molecule has 2 bridgehead atoms. The highest BCUT2D eigenvalue weighted by Crippen LogP contribution is 2.70. The molecule has 4 aliphatic carbocycles. The maximum Gasteiger partial charge on any atom is 0.316 e. The van der Waals surface area contributed by atoms with Crippen LogP contribution in [0.3, 0.4) is 0 Å². The molecule has 6 rings (SSSR count). The van der Waals surface area contributed by atoms with Gasteiger partial charge in [0.25, 0.3) is 0 Å². The van der Waals surface area contributed by atoms with Crippen LogP contribution in [-0.4, -0.2) is 45.2 Å². The molecule has 2 heterocycles. The van der Waals surface area contributed by atoms with Gasteiger partial charge in [-0.3, -0.25) is 4.79 Å². The van der Waals surface area contributed by atoms with Gasteiger partial charge in [0.2, 0.25) is 0 Å². The molecule has 6 aliphatic rings. The Labute approximate surface area is 141 Å². The van der Waals surface area contributed by atoms with Crippen molar-refractivity contribution in [1.82, 2.24) is 0 Å². The largest absolute Gasteiger partial charge is 0.459 e. The predicted molar refractivity (Wildman–Crippen MR) is 84.7 cm³/mol. The van der Waals surface area contributed by atoms with Crippen molar-refractivity contribution in [3.63, 3.8) is 0 Å². The van der Waals surface area contributed by atoms with Crippen molar-refractivity contribution in [3.05, 3.63) is 11.1 Å². The highest BCUT2D eigenvalue weighted by molar-refractivity contribution is 5.84. The number of ether oxygens (including phenoxy) is 1. The standard InChI is InChI=1S/C19H26O5/c1-8-5-11(20)6-10-3-4-18-9(2)15(21)16(24-17(18)22)13-7-12(8)14(10)19(13,18)23/h8-11,13,15-16,20-21,23H,3-7H2,1-2H3/t8?,9-,10?,11?,13-,15+,16-,18+,19+/m1/s1. The maximum absolute atomic E-state index is 12.9. The summed E-state index contributed by atoms with van der Waals surface area (Å²) < 4.78 is 5.63. The van der Waals surface area contributed by atoms with Crippen LogP contribution in [0, 0.1) is 29.1 Å². The monoisotopic (exact) mass is 334 g/mol. The van der Waals surface area contributed by atoms with Crippen LogP contribution in [0.25, 0.3) is 0 Å². The molecule has 0 radical (unpaired) electrons. The van der Waals surface area contributed by atoms with Gasteiger partial charge in [-0.1, -0.05) is 19.4 Å². The fourth-order valence-corrected chi connectivity index (χ4v) is 7.06. The lowest BCUT2D eigenvalue weighted by Crippen LogP contribution is -2.77. The third-order valence-electron chi connectivity index (χ3n) is 8.12. The number of carbonyl (C=O) groups excluding carboxylic acids is 1. The Hall–Kier alpha value is -0.910. The number of hydrogen-bond donors (Lipinski definition) is 3. The Bertz CT molecular complexity index is 656.